The molecule has 0 radical (unpaired) electrons. The molecule has 1 aliphatic carbocycles. The van der Waals surface area contributed by atoms with Gasteiger partial charge in [-0.25, -0.2) is 4.79 Å². The van der Waals surface area contributed by atoms with Gasteiger partial charge in [-0.15, -0.1) is 11.8 Å². The minimum atomic E-state index is -4.28. The predicted octanol–water partition coefficient (Wildman–Crippen LogP) is 2.43. The van der Waals surface area contributed by atoms with E-state index in [1.165, 1.54) is 11.8 Å². The van der Waals surface area contributed by atoms with E-state index >= 15 is 0 Å². The van der Waals surface area contributed by atoms with Crippen LogP contribution >= 0.6 is 11.8 Å². The third-order valence-electron chi connectivity index (χ3n) is 4.48. The second-order valence-corrected chi connectivity index (χ2v) is 7.40. The van der Waals surface area contributed by atoms with E-state index in [1.807, 2.05) is 0 Å². The number of thioether (sulfide) groups is 1. The van der Waals surface area contributed by atoms with Gasteiger partial charge in [0.2, 0.25) is 11.8 Å². The summed E-state index contributed by atoms with van der Waals surface area (Å²) in [6, 6.07) is 0. The third kappa shape index (κ3) is 5.26. The Morgan fingerprint density at radius 1 is 1.16 bits per heavy atom. The number of rotatable bonds is 4. The fraction of sp³-hybridized carbons (Fsp3) is 0.800. The molecule has 2 N–H and O–H groups in total. The highest BCUT2D eigenvalue weighted by molar-refractivity contribution is 8.00. The molecule has 0 aromatic heterocycles. The molecular weight excluding hydrogens is 361 g/mol. The Bertz CT molecular complexity index is 529. The van der Waals surface area contributed by atoms with Gasteiger partial charge in [-0.1, -0.05) is 0 Å². The highest BCUT2D eigenvalue weighted by Crippen LogP contribution is 2.42. The number of amides is 3. The van der Waals surface area contributed by atoms with Crippen molar-refractivity contribution in [3.05, 3.63) is 0 Å². The topological polar surface area (TPSA) is 84.5 Å². The summed E-state index contributed by atoms with van der Waals surface area (Å²) in [6.45, 7) is 1.73. The molecule has 1 saturated carbocycles. The Hall–Kier alpha value is -1.45. The van der Waals surface area contributed by atoms with Gasteiger partial charge in [-0.3, -0.25) is 14.9 Å². The first-order valence-corrected chi connectivity index (χ1v) is 9.23. The molecule has 2 rings (SSSR count). The predicted molar refractivity (Wildman–Crippen MR) is 84.5 cm³/mol. The van der Waals surface area contributed by atoms with E-state index < -0.39 is 47.2 Å². The van der Waals surface area contributed by atoms with Gasteiger partial charge >= 0.3 is 12.3 Å². The summed E-state index contributed by atoms with van der Waals surface area (Å²) in [6.07, 6.45) is -4.74. The van der Waals surface area contributed by atoms with Crippen LogP contribution in [-0.4, -0.2) is 41.8 Å². The Balaban J connectivity index is 1.87. The highest BCUT2D eigenvalue weighted by Gasteiger charge is 2.46. The second-order valence-electron chi connectivity index (χ2n) is 6.15. The summed E-state index contributed by atoms with van der Waals surface area (Å²) in [4.78, 5) is 35.7. The normalized spacial score (nSPS) is 29.3. The fourth-order valence-electron chi connectivity index (χ4n) is 3.14. The van der Waals surface area contributed by atoms with Crippen molar-refractivity contribution in [1.82, 2.24) is 10.6 Å². The van der Waals surface area contributed by atoms with Gasteiger partial charge in [-0.05, 0) is 38.4 Å². The Labute approximate surface area is 147 Å². The zero-order valence-corrected chi connectivity index (χ0v) is 14.5. The largest absolute Gasteiger partial charge is 0.450 e. The first-order chi connectivity index (χ1) is 11.7. The van der Waals surface area contributed by atoms with Gasteiger partial charge in [0.1, 0.15) is 0 Å². The van der Waals surface area contributed by atoms with Crippen molar-refractivity contribution in [2.75, 3.05) is 12.4 Å². The molecule has 0 aromatic rings. The van der Waals surface area contributed by atoms with Gasteiger partial charge in [0.15, 0.2) is 0 Å². The molecule has 10 heteroatoms. The van der Waals surface area contributed by atoms with E-state index in [-0.39, 0.29) is 25.9 Å². The number of carbonyl (C=O) groups excluding carboxylic acids is 3. The Morgan fingerprint density at radius 3 is 2.48 bits per heavy atom. The highest BCUT2D eigenvalue weighted by atomic mass is 32.2. The number of hydrogen-bond donors (Lipinski definition) is 2. The van der Waals surface area contributed by atoms with Crippen LogP contribution in [0.3, 0.4) is 0 Å². The molecule has 1 aliphatic heterocycles. The van der Waals surface area contributed by atoms with Crippen LogP contribution in [0, 0.1) is 17.8 Å². The number of ether oxygens (including phenoxy) is 1. The van der Waals surface area contributed by atoms with Crippen LogP contribution in [-0.2, 0) is 14.3 Å². The molecule has 6 nitrogen and oxygen atoms in total. The van der Waals surface area contributed by atoms with Crippen LogP contribution < -0.4 is 10.6 Å². The lowest BCUT2D eigenvalue weighted by molar-refractivity contribution is -0.173. The number of alkyl carbamates (subject to hydrolysis) is 1. The van der Waals surface area contributed by atoms with Gasteiger partial charge in [-0.2, -0.15) is 13.2 Å². The van der Waals surface area contributed by atoms with Crippen molar-refractivity contribution < 1.29 is 32.3 Å². The molecule has 0 aromatic carbocycles. The molecule has 1 saturated heterocycles. The monoisotopic (exact) mass is 382 g/mol. The molecule has 2 fully saturated rings. The molecule has 0 bridgehead atoms. The SMILES string of the molecule is CCOC(=O)NC(=O)C1CCSC1NC(=O)C1CCC(C(F)(F)F)C1. The van der Waals surface area contributed by atoms with Crippen LogP contribution in [0.2, 0.25) is 0 Å². The molecule has 1 heterocycles. The van der Waals surface area contributed by atoms with Gasteiger partial charge in [0, 0.05) is 5.92 Å². The number of halogens is 3. The summed E-state index contributed by atoms with van der Waals surface area (Å²) in [5.41, 5.74) is 0. The van der Waals surface area contributed by atoms with Crippen LogP contribution in [0.5, 0.6) is 0 Å². The average molecular weight is 382 g/mol. The van der Waals surface area contributed by atoms with Crippen LogP contribution in [0.4, 0.5) is 18.0 Å². The minimum absolute atomic E-state index is 0.0494. The van der Waals surface area contributed by atoms with Crippen LogP contribution in [0.15, 0.2) is 0 Å². The first-order valence-electron chi connectivity index (χ1n) is 8.18. The Morgan fingerprint density at radius 2 is 1.88 bits per heavy atom. The third-order valence-corrected chi connectivity index (χ3v) is 5.76. The van der Waals surface area contributed by atoms with Crippen LogP contribution in [0.1, 0.15) is 32.6 Å². The molecule has 142 valence electrons. The van der Waals surface area contributed by atoms with Crippen molar-refractivity contribution in [3.63, 3.8) is 0 Å². The molecule has 25 heavy (non-hydrogen) atoms. The molecular formula is C15H21F3N2O4S. The zero-order chi connectivity index (χ0) is 18.6. The van der Waals surface area contributed by atoms with Crippen molar-refractivity contribution in [3.8, 4) is 0 Å². The van der Waals surface area contributed by atoms with E-state index in [0.717, 1.165) is 0 Å². The van der Waals surface area contributed by atoms with Crippen molar-refractivity contribution in [1.29, 1.82) is 0 Å². The van der Waals surface area contributed by atoms with E-state index in [4.69, 9.17) is 0 Å². The first kappa shape index (κ1) is 19.9. The maximum absolute atomic E-state index is 12.7. The average Bonchev–Trinajstić information content (AvgIpc) is 3.15. The zero-order valence-electron chi connectivity index (χ0n) is 13.7. The fourth-order valence-corrected chi connectivity index (χ4v) is 4.47. The molecule has 3 amide bonds. The maximum Gasteiger partial charge on any atom is 0.413 e. The number of alkyl halides is 3. The summed E-state index contributed by atoms with van der Waals surface area (Å²) in [5.74, 6) is -3.14. The lowest BCUT2D eigenvalue weighted by Crippen LogP contribution is -2.45. The summed E-state index contributed by atoms with van der Waals surface area (Å²) in [5, 5.41) is 4.23. The van der Waals surface area contributed by atoms with E-state index in [9.17, 15) is 27.6 Å². The van der Waals surface area contributed by atoms with Gasteiger partial charge in [0.25, 0.3) is 0 Å². The van der Waals surface area contributed by atoms with Gasteiger partial charge in [0.05, 0.1) is 23.8 Å². The van der Waals surface area contributed by atoms with Gasteiger partial charge < -0.3 is 10.1 Å². The van der Waals surface area contributed by atoms with Crippen molar-refractivity contribution in [2.45, 2.75) is 44.2 Å². The number of nitrogens with one attached hydrogen (secondary N) is 2. The lowest BCUT2D eigenvalue weighted by Gasteiger charge is -2.21. The molecule has 4 atom stereocenters. The Kier molecular flexibility index (Phi) is 6.59. The van der Waals surface area contributed by atoms with E-state index in [2.05, 4.69) is 15.4 Å². The van der Waals surface area contributed by atoms with Crippen LogP contribution in [0.25, 0.3) is 0 Å². The number of imide groups is 1. The molecule has 4 unspecified atom stereocenters. The number of carbonyl (C=O) groups is 3. The van der Waals surface area contributed by atoms with Crippen molar-refractivity contribution in [2.24, 2.45) is 17.8 Å². The van der Waals surface area contributed by atoms with Crippen molar-refractivity contribution >= 4 is 29.7 Å². The minimum Gasteiger partial charge on any atom is -0.450 e. The lowest BCUT2D eigenvalue weighted by atomic mass is 10.0. The molecule has 0 spiro atoms. The molecule has 2 aliphatic rings. The summed E-state index contributed by atoms with van der Waals surface area (Å²) >= 11 is 1.35. The standard InChI is InChI=1S/C15H21F3N2O4S/c1-2-24-14(23)20-12(22)10-5-6-25-13(10)19-11(21)8-3-4-9(7-8)15(16,17)18/h8-10,13H,2-7H2,1H3,(H,19,21)(H,20,22,23). The summed E-state index contributed by atoms with van der Waals surface area (Å²) in [7, 11) is 0. The smallest absolute Gasteiger partial charge is 0.413 e. The van der Waals surface area contributed by atoms with E-state index in [0.29, 0.717) is 12.2 Å². The maximum atomic E-state index is 12.7. The summed E-state index contributed by atoms with van der Waals surface area (Å²) < 4.78 is 42.8. The second kappa shape index (κ2) is 8.29. The number of hydrogen-bond acceptors (Lipinski definition) is 5. The van der Waals surface area contributed by atoms with E-state index in [1.54, 1.807) is 6.92 Å². The quantitative estimate of drug-likeness (QED) is 0.780.